The molecule has 1 aromatic heterocycles. The van der Waals surface area contributed by atoms with Gasteiger partial charge in [-0.2, -0.15) is 0 Å². The van der Waals surface area contributed by atoms with Crippen molar-refractivity contribution in [2.75, 3.05) is 0 Å². The number of aryl methyl sites for hydroxylation is 1. The lowest BCUT2D eigenvalue weighted by atomic mass is 9.91. The van der Waals surface area contributed by atoms with E-state index in [1.54, 1.807) is 37.3 Å². The van der Waals surface area contributed by atoms with Gasteiger partial charge in [0.2, 0.25) is 0 Å². The lowest BCUT2D eigenvalue weighted by molar-refractivity contribution is -0.144. The van der Waals surface area contributed by atoms with Gasteiger partial charge in [0, 0.05) is 0 Å². The van der Waals surface area contributed by atoms with Gasteiger partial charge in [0.15, 0.2) is 5.54 Å². The minimum Gasteiger partial charge on any atom is -0.479 e. The maximum atomic E-state index is 12.2. The summed E-state index contributed by atoms with van der Waals surface area (Å²) in [6.45, 7) is 3.10. The predicted octanol–water partition coefficient (Wildman–Crippen LogP) is 2.32. The van der Waals surface area contributed by atoms with Crippen LogP contribution in [0, 0.1) is 6.92 Å². The van der Waals surface area contributed by atoms with E-state index >= 15 is 0 Å². The van der Waals surface area contributed by atoms with E-state index in [4.69, 9.17) is 4.42 Å². The van der Waals surface area contributed by atoms with Crippen LogP contribution in [0.4, 0.5) is 0 Å². The number of furan rings is 1. The Morgan fingerprint density at radius 1 is 1.20 bits per heavy atom. The second kappa shape index (κ2) is 5.21. The van der Waals surface area contributed by atoms with Crippen LogP contribution in [-0.2, 0) is 10.3 Å². The van der Waals surface area contributed by atoms with Crippen LogP contribution >= 0.6 is 0 Å². The summed E-state index contributed by atoms with van der Waals surface area (Å²) in [5.74, 6) is -1.16. The molecule has 1 heterocycles. The summed E-state index contributed by atoms with van der Waals surface area (Å²) >= 11 is 0. The third kappa shape index (κ3) is 2.42. The molecular formula is C15H15NO4. The Kier molecular flexibility index (Phi) is 3.61. The summed E-state index contributed by atoms with van der Waals surface area (Å²) in [7, 11) is 0. The Morgan fingerprint density at radius 3 is 2.35 bits per heavy atom. The summed E-state index contributed by atoms with van der Waals surface area (Å²) < 4.78 is 5.06. The summed E-state index contributed by atoms with van der Waals surface area (Å²) in [5, 5.41) is 12.0. The topological polar surface area (TPSA) is 79.5 Å². The van der Waals surface area contributed by atoms with E-state index in [0.717, 1.165) is 0 Å². The van der Waals surface area contributed by atoms with Gasteiger partial charge < -0.3 is 14.8 Å². The number of carboxylic acids is 1. The number of carbonyl (C=O) groups excluding carboxylic acids is 1. The SMILES string of the molecule is Cc1occc1C(=O)NC(C)(C(=O)O)c1ccccc1. The molecule has 0 radical (unpaired) electrons. The first-order valence-electron chi connectivity index (χ1n) is 6.10. The van der Waals surface area contributed by atoms with Crippen molar-refractivity contribution in [1.82, 2.24) is 5.32 Å². The molecule has 0 saturated heterocycles. The zero-order chi connectivity index (χ0) is 14.8. The van der Waals surface area contributed by atoms with E-state index in [1.807, 2.05) is 0 Å². The van der Waals surface area contributed by atoms with Gasteiger partial charge in [0.1, 0.15) is 5.76 Å². The smallest absolute Gasteiger partial charge is 0.333 e. The zero-order valence-corrected chi connectivity index (χ0v) is 11.2. The Labute approximate surface area is 116 Å². The fourth-order valence-corrected chi connectivity index (χ4v) is 1.94. The van der Waals surface area contributed by atoms with E-state index < -0.39 is 17.4 Å². The highest BCUT2D eigenvalue weighted by Gasteiger charge is 2.37. The van der Waals surface area contributed by atoms with Crippen molar-refractivity contribution in [3.05, 3.63) is 59.5 Å². The first kappa shape index (κ1) is 13.9. The van der Waals surface area contributed by atoms with Gasteiger partial charge in [-0.15, -0.1) is 0 Å². The summed E-state index contributed by atoms with van der Waals surface area (Å²) in [6.07, 6.45) is 1.39. The minimum absolute atomic E-state index is 0.327. The average Bonchev–Trinajstić information content (AvgIpc) is 2.85. The summed E-state index contributed by atoms with van der Waals surface area (Å²) in [4.78, 5) is 23.8. The molecule has 1 aromatic carbocycles. The molecule has 2 rings (SSSR count). The van der Waals surface area contributed by atoms with E-state index in [-0.39, 0.29) is 0 Å². The molecule has 0 spiro atoms. The van der Waals surface area contributed by atoms with Gasteiger partial charge in [-0.3, -0.25) is 4.79 Å². The second-order valence-corrected chi connectivity index (χ2v) is 4.64. The van der Waals surface area contributed by atoms with Crippen LogP contribution in [0.3, 0.4) is 0 Å². The number of nitrogens with one attached hydrogen (secondary N) is 1. The Morgan fingerprint density at radius 2 is 1.85 bits per heavy atom. The van der Waals surface area contributed by atoms with Crippen LogP contribution in [0.2, 0.25) is 0 Å². The van der Waals surface area contributed by atoms with Crippen molar-refractivity contribution in [3.8, 4) is 0 Å². The Hall–Kier alpha value is -2.56. The van der Waals surface area contributed by atoms with Gasteiger partial charge in [-0.05, 0) is 25.5 Å². The fourth-order valence-electron chi connectivity index (χ4n) is 1.94. The van der Waals surface area contributed by atoms with Crippen molar-refractivity contribution >= 4 is 11.9 Å². The van der Waals surface area contributed by atoms with E-state index in [2.05, 4.69) is 5.32 Å². The van der Waals surface area contributed by atoms with Gasteiger partial charge >= 0.3 is 5.97 Å². The predicted molar refractivity (Wildman–Crippen MR) is 72.3 cm³/mol. The molecule has 0 aliphatic carbocycles. The minimum atomic E-state index is -1.50. The van der Waals surface area contributed by atoms with Crippen molar-refractivity contribution in [1.29, 1.82) is 0 Å². The molecule has 1 amide bonds. The maximum absolute atomic E-state index is 12.2. The zero-order valence-electron chi connectivity index (χ0n) is 11.2. The number of amides is 1. The monoisotopic (exact) mass is 273 g/mol. The maximum Gasteiger partial charge on any atom is 0.333 e. The molecule has 1 unspecified atom stereocenters. The fraction of sp³-hybridized carbons (Fsp3) is 0.200. The quantitative estimate of drug-likeness (QED) is 0.896. The largest absolute Gasteiger partial charge is 0.479 e. The van der Waals surface area contributed by atoms with Gasteiger partial charge in [0.25, 0.3) is 5.91 Å². The number of aliphatic carboxylic acids is 1. The van der Waals surface area contributed by atoms with Gasteiger partial charge in [-0.25, -0.2) is 4.79 Å². The molecule has 2 aromatic rings. The molecular weight excluding hydrogens is 258 g/mol. The number of carbonyl (C=O) groups is 2. The van der Waals surface area contributed by atoms with Crippen LogP contribution in [0.25, 0.3) is 0 Å². The third-order valence-electron chi connectivity index (χ3n) is 3.25. The molecule has 0 fully saturated rings. The molecule has 5 heteroatoms. The van der Waals surface area contributed by atoms with Crippen LogP contribution in [-0.4, -0.2) is 17.0 Å². The van der Waals surface area contributed by atoms with Gasteiger partial charge in [-0.1, -0.05) is 30.3 Å². The molecule has 1 atom stereocenters. The Bertz CT molecular complexity index is 632. The first-order chi connectivity index (χ1) is 9.45. The van der Waals surface area contributed by atoms with Crippen LogP contribution in [0.15, 0.2) is 47.1 Å². The molecule has 0 saturated carbocycles. The molecule has 0 aliphatic rings. The lowest BCUT2D eigenvalue weighted by Gasteiger charge is -2.26. The van der Waals surface area contributed by atoms with Crippen LogP contribution in [0.5, 0.6) is 0 Å². The normalized spacial score (nSPS) is 13.5. The van der Waals surface area contributed by atoms with Crippen LogP contribution < -0.4 is 5.32 Å². The highest BCUT2D eigenvalue weighted by atomic mass is 16.4. The molecule has 2 N–H and O–H groups in total. The van der Waals surface area contributed by atoms with Crippen molar-refractivity contribution in [2.45, 2.75) is 19.4 Å². The molecule has 0 bridgehead atoms. The van der Waals surface area contributed by atoms with Crippen molar-refractivity contribution in [2.24, 2.45) is 0 Å². The van der Waals surface area contributed by atoms with Gasteiger partial charge in [0.05, 0.1) is 11.8 Å². The summed E-state index contributed by atoms with van der Waals surface area (Å²) in [6, 6.07) is 10.1. The molecule has 5 nitrogen and oxygen atoms in total. The van der Waals surface area contributed by atoms with Crippen molar-refractivity contribution in [3.63, 3.8) is 0 Å². The van der Waals surface area contributed by atoms with E-state index in [9.17, 15) is 14.7 Å². The number of hydrogen-bond acceptors (Lipinski definition) is 3. The summed E-state index contributed by atoms with van der Waals surface area (Å²) in [5.41, 5.74) is -0.669. The third-order valence-corrected chi connectivity index (χ3v) is 3.25. The number of carboxylic acid groups (broad SMARTS) is 1. The van der Waals surface area contributed by atoms with E-state index in [1.165, 1.54) is 19.3 Å². The number of benzene rings is 1. The average molecular weight is 273 g/mol. The molecule has 104 valence electrons. The van der Waals surface area contributed by atoms with E-state index in [0.29, 0.717) is 16.9 Å². The highest BCUT2D eigenvalue weighted by Crippen LogP contribution is 2.22. The standard InChI is InChI=1S/C15H15NO4/c1-10-12(8-9-20-10)13(17)16-15(2,14(18)19)11-6-4-3-5-7-11/h3-9H,1-2H3,(H,16,17)(H,18,19). The first-order valence-corrected chi connectivity index (χ1v) is 6.10. The second-order valence-electron chi connectivity index (χ2n) is 4.64. The molecule has 0 aliphatic heterocycles. The molecule has 20 heavy (non-hydrogen) atoms. The highest BCUT2D eigenvalue weighted by molar-refractivity contribution is 5.98. The van der Waals surface area contributed by atoms with Crippen molar-refractivity contribution < 1.29 is 19.1 Å². The Balaban J connectivity index is 2.34. The number of hydrogen-bond donors (Lipinski definition) is 2. The lowest BCUT2D eigenvalue weighted by Crippen LogP contribution is -2.49. The number of rotatable bonds is 4. The van der Waals surface area contributed by atoms with Crippen LogP contribution in [0.1, 0.15) is 28.6 Å².